The molecule has 6 rings (SSSR count). The van der Waals surface area contributed by atoms with Crippen molar-refractivity contribution in [3.05, 3.63) is 76.9 Å². The molecule has 2 aliphatic rings. The molecule has 0 bridgehead atoms. The number of aromatic carboxylic acids is 1. The van der Waals surface area contributed by atoms with Crippen LogP contribution in [-0.2, 0) is 11.3 Å². The van der Waals surface area contributed by atoms with Crippen LogP contribution in [-0.4, -0.2) is 40.8 Å². The molecule has 1 saturated carbocycles. The molecule has 232 valence electrons. The normalized spacial score (nSPS) is 20.6. The van der Waals surface area contributed by atoms with Crippen LogP contribution >= 0.6 is 11.3 Å². The number of hydrogen-bond acceptors (Lipinski definition) is 7. The second-order valence-electron chi connectivity index (χ2n) is 11.4. The zero-order valence-electron chi connectivity index (χ0n) is 24.3. The van der Waals surface area contributed by atoms with Gasteiger partial charge in [0.2, 0.25) is 0 Å². The van der Waals surface area contributed by atoms with E-state index in [4.69, 9.17) is 9.26 Å². The Kier molecular flexibility index (Phi) is 8.43. The number of alkyl halides is 3. The lowest BCUT2D eigenvalue weighted by Gasteiger charge is -2.45. The molecule has 11 heteroatoms. The summed E-state index contributed by atoms with van der Waals surface area (Å²) >= 11 is 1.26. The van der Waals surface area contributed by atoms with Crippen LogP contribution in [0.15, 0.2) is 65.2 Å². The maximum Gasteiger partial charge on any atom is 0.573 e. The van der Waals surface area contributed by atoms with Crippen molar-refractivity contribution in [2.45, 2.75) is 83.0 Å². The summed E-state index contributed by atoms with van der Waals surface area (Å²) in [5.41, 5.74) is 3.30. The summed E-state index contributed by atoms with van der Waals surface area (Å²) in [7, 11) is 0. The number of carbonyl (C=O) groups is 1. The molecule has 1 N–H and O–H groups in total. The quantitative estimate of drug-likeness (QED) is 0.188. The molecule has 0 unspecified atom stereocenters. The smallest absolute Gasteiger partial charge is 0.477 e. The van der Waals surface area contributed by atoms with Gasteiger partial charge in [-0.2, -0.15) is 0 Å². The highest BCUT2D eigenvalue weighted by molar-refractivity contribution is 7.17. The van der Waals surface area contributed by atoms with Gasteiger partial charge in [0.05, 0.1) is 12.7 Å². The number of hydrogen-bond donors (Lipinski definition) is 1. The van der Waals surface area contributed by atoms with Crippen molar-refractivity contribution < 1.29 is 37.1 Å². The highest BCUT2D eigenvalue weighted by Gasteiger charge is 2.37. The molecule has 0 amide bonds. The highest BCUT2D eigenvalue weighted by atomic mass is 32.1. The number of piperidine rings is 1. The van der Waals surface area contributed by atoms with Crippen molar-refractivity contribution in [1.29, 1.82) is 0 Å². The average molecular weight is 627 g/mol. The Morgan fingerprint density at radius 1 is 1.09 bits per heavy atom. The molecule has 2 aromatic heterocycles. The molecule has 1 aliphatic heterocycles. The van der Waals surface area contributed by atoms with Gasteiger partial charge in [-0.05, 0) is 81.0 Å². The molecule has 4 aromatic rings. The standard InChI is InChI=1S/C33H33F3N2O5S/c1-3-22-17-24(16-19(2)38(22)23-12-10-20(11-13-23)28-14-15-29(44-28)32(39)40)41-18-26-30(37-43-31(26)21-8-9-21)25-6-4-5-7-27(25)42-33(34,35)36/h4-7,10-15,19,21-22,24H,3,8-9,16-18H2,1-2H3,(H,39,40)/t19-,22+,24+/m1/s1. The van der Waals surface area contributed by atoms with Crippen LogP contribution in [0.4, 0.5) is 18.9 Å². The van der Waals surface area contributed by atoms with Gasteiger partial charge in [0.15, 0.2) is 0 Å². The molecule has 1 saturated heterocycles. The second-order valence-corrected chi connectivity index (χ2v) is 12.5. The van der Waals surface area contributed by atoms with Gasteiger partial charge in [-0.1, -0.05) is 36.3 Å². The number of para-hydroxylation sites is 1. The third-order valence-corrected chi connectivity index (χ3v) is 9.47. The third-order valence-electron chi connectivity index (χ3n) is 8.34. The predicted octanol–water partition coefficient (Wildman–Crippen LogP) is 8.90. The van der Waals surface area contributed by atoms with Crippen molar-refractivity contribution in [2.24, 2.45) is 0 Å². The summed E-state index contributed by atoms with van der Waals surface area (Å²) < 4.78 is 55.9. The first-order chi connectivity index (χ1) is 21.1. The summed E-state index contributed by atoms with van der Waals surface area (Å²) in [6.45, 7) is 4.52. The first kappa shape index (κ1) is 30.2. The summed E-state index contributed by atoms with van der Waals surface area (Å²) in [6.07, 6.45) is -0.511. The van der Waals surface area contributed by atoms with Crippen LogP contribution in [0, 0.1) is 0 Å². The molecule has 44 heavy (non-hydrogen) atoms. The fourth-order valence-corrected chi connectivity index (χ4v) is 7.00. The molecule has 1 aliphatic carbocycles. The lowest BCUT2D eigenvalue weighted by Crippen LogP contribution is -2.50. The second kappa shape index (κ2) is 12.3. The first-order valence-corrected chi connectivity index (χ1v) is 15.6. The molecule has 2 fully saturated rings. The van der Waals surface area contributed by atoms with Gasteiger partial charge in [-0.3, -0.25) is 0 Å². The van der Waals surface area contributed by atoms with E-state index in [1.807, 2.05) is 18.2 Å². The van der Waals surface area contributed by atoms with Gasteiger partial charge in [0.25, 0.3) is 0 Å². The average Bonchev–Trinajstić information content (AvgIpc) is 3.54. The Hall–Kier alpha value is -3.83. The summed E-state index contributed by atoms with van der Waals surface area (Å²) in [5.74, 6) is -0.368. The maximum absolute atomic E-state index is 13.1. The fourth-order valence-electron chi connectivity index (χ4n) is 6.15. The number of ether oxygens (including phenoxy) is 2. The minimum atomic E-state index is -4.83. The number of anilines is 1. The van der Waals surface area contributed by atoms with Crippen LogP contribution in [0.5, 0.6) is 5.75 Å². The Bertz CT molecular complexity index is 1610. The monoisotopic (exact) mass is 626 g/mol. The zero-order chi connectivity index (χ0) is 31.0. The Balaban J connectivity index is 1.17. The van der Waals surface area contributed by atoms with E-state index in [1.165, 1.54) is 23.5 Å². The van der Waals surface area contributed by atoms with E-state index < -0.39 is 12.3 Å². The van der Waals surface area contributed by atoms with Crippen LogP contribution in [0.25, 0.3) is 21.7 Å². The van der Waals surface area contributed by atoms with Crippen LogP contribution in [0.1, 0.15) is 72.9 Å². The lowest BCUT2D eigenvalue weighted by molar-refractivity contribution is -0.274. The molecule has 3 heterocycles. The molecular formula is C33H33F3N2O5S. The maximum atomic E-state index is 13.1. The lowest BCUT2D eigenvalue weighted by atomic mass is 9.91. The number of benzene rings is 2. The fraction of sp³-hybridized carbons (Fsp3) is 0.394. The van der Waals surface area contributed by atoms with Crippen molar-refractivity contribution in [2.75, 3.05) is 4.90 Å². The zero-order valence-corrected chi connectivity index (χ0v) is 25.2. The Morgan fingerprint density at radius 2 is 1.84 bits per heavy atom. The van der Waals surface area contributed by atoms with E-state index in [0.29, 0.717) is 21.9 Å². The Labute approximate surface area is 257 Å². The summed E-state index contributed by atoms with van der Waals surface area (Å²) in [6, 6.07) is 18.1. The summed E-state index contributed by atoms with van der Waals surface area (Å²) in [5, 5.41) is 13.5. The van der Waals surface area contributed by atoms with Gasteiger partial charge in [0.1, 0.15) is 22.1 Å². The van der Waals surface area contributed by atoms with Gasteiger partial charge >= 0.3 is 12.3 Å². The molecular weight excluding hydrogens is 593 g/mol. The van der Waals surface area contributed by atoms with Crippen LogP contribution in [0.2, 0.25) is 0 Å². The largest absolute Gasteiger partial charge is 0.573 e. The van der Waals surface area contributed by atoms with Gasteiger partial charge in [0, 0.05) is 39.7 Å². The van der Waals surface area contributed by atoms with E-state index in [9.17, 15) is 23.1 Å². The molecule has 0 radical (unpaired) electrons. The van der Waals surface area contributed by atoms with E-state index >= 15 is 0 Å². The van der Waals surface area contributed by atoms with Crippen LogP contribution in [0.3, 0.4) is 0 Å². The van der Waals surface area contributed by atoms with E-state index in [0.717, 1.165) is 48.2 Å². The Morgan fingerprint density at radius 3 is 2.50 bits per heavy atom. The molecule has 0 spiro atoms. The SMILES string of the molecule is CC[C@H]1C[C@@H](OCc2c(-c3ccccc3OC(F)(F)F)noc2C2CC2)C[C@@H](C)N1c1ccc(-c2ccc(C(=O)O)s2)cc1. The summed E-state index contributed by atoms with van der Waals surface area (Å²) in [4.78, 5) is 14.9. The molecule has 7 nitrogen and oxygen atoms in total. The number of thiophene rings is 1. The van der Waals surface area contributed by atoms with E-state index in [2.05, 4.69) is 40.8 Å². The third kappa shape index (κ3) is 6.49. The number of aromatic nitrogens is 1. The highest BCUT2D eigenvalue weighted by Crippen LogP contribution is 2.46. The van der Waals surface area contributed by atoms with Crippen molar-refractivity contribution in [3.8, 4) is 27.4 Å². The van der Waals surface area contributed by atoms with Crippen molar-refractivity contribution in [1.82, 2.24) is 5.16 Å². The van der Waals surface area contributed by atoms with E-state index in [-0.39, 0.29) is 42.0 Å². The minimum Gasteiger partial charge on any atom is -0.477 e. The van der Waals surface area contributed by atoms with E-state index in [1.54, 1.807) is 18.2 Å². The number of nitrogens with zero attached hydrogens (tertiary/aromatic N) is 2. The number of halogens is 3. The van der Waals surface area contributed by atoms with Crippen LogP contribution < -0.4 is 9.64 Å². The minimum absolute atomic E-state index is 0.0532. The molecule has 3 atom stereocenters. The van der Waals surface area contributed by atoms with Crippen molar-refractivity contribution in [3.63, 3.8) is 0 Å². The number of carboxylic acid groups (broad SMARTS) is 1. The van der Waals surface area contributed by atoms with Crippen molar-refractivity contribution >= 4 is 23.0 Å². The molecule has 2 aromatic carbocycles. The first-order valence-electron chi connectivity index (χ1n) is 14.8. The number of carboxylic acids is 1. The number of rotatable bonds is 10. The van der Waals surface area contributed by atoms with Gasteiger partial charge in [-0.15, -0.1) is 24.5 Å². The predicted molar refractivity (Wildman–Crippen MR) is 161 cm³/mol. The van der Waals surface area contributed by atoms with Gasteiger partial charge in [-0.25, -0.2) is 4.79 Å². The topological polar surface area (TPSA) is 85.0 Å². The van der Waals surface area contributed by atoms with Gasteiger partial charge < -0.3 is 24.0 Å².